The Morgan fingerprint density at radius 1 is 1.07 bits per heavy atom. The molecule has 30 heavy (non-hydrogen) atoms. The van der Waals surface area contributed by atoms with Gasteiger partial charge in [-0.2, -0.15) is 0 Å². The molecule has 2 aromatic carbocycles. The molecular weight excluding hydrogens is 391 g/mol. The maximum Gasteiger partial charge on any atom is 0.573 e. The molecule has 0 saturated heterocycles. The van der Waals surface area contributed by atoms with Crippen LogP contribution in [-0.2, 0) is 0 Å². The van der Waals surface area contributed by atoms with Crippen LogP contribution < -0.4 is 10.1 Å². The number of halogens is 3. The predicted molar refractivity (Wildman–Crippen MR) is 112 cm³/mol. The Morgan fingerprint density at radius 2 is 1.77 bits per heavy atom. The van der Waals surface area contributed by atoms with Gasteiger partial charge in [0.1, 0.15) is 5.75 Å². The lowest BCUT2D eigenvalue weighted by atomic mass is 9.70. The van der Waals surface area contributed by atoms with Crippen LogP contribution in [0.1, 0.15) is 46.1 Å². The van der Waals surface area contributed by atoms with Crippen LogP contribution >= 0.6 is 0 Å². The van der Waals surface area contributed by atoms with E-state index in [9.17, 15) is 13.2 Å². The van der Waals surface area contributed by atoms with Gasteiger partial charge in [0.2, 0.25) is 5.95 Å². The number of hydrogen-bond donors (Lipinski definition) is 1. The quantitative estimate of drug-likeness (QED) is 0.494. The number of nitrogens with zero attached hydrogens (tertiary/aromatic N) is 2. The number of anilines is 2. The first-order valence-corrected chi connectivity index (χ1v) is 10.2. The van der Waals surface area contributed by atoms with Crippen molar-refractivity contribution in [2.45, 2.75) is 52.4 Å². The number of aromatic nitrogens is 2. The SMILES string of the molecule is C[C@@H]1C[C@H](n2c(Nc3ccc(OC(F)(F)F)cc3)nc3ccccc32)CC(C)(C)C1. The van der Waals surface area contributed by atoms with Gasteiger partial charge in [0.05, 0.1) is 11.0 Å². The van der Waals surface area contributed by atoms with Crippen LogP contribution in [0.15, 0.2) is 48.5 Å². The Balaban J connectivity index is 1.67. The van der Waals surface area contributed by atoms with Gasteiger partial charge >= 0.3 is 6.36 Å². The van der Waals surface area contributed by atoms with Crippen LogP contribution in [-0.4, -0.2) is 15.9 Å². The minimum Gasteiger partial charge on any atom is -0.406 e. The molecule has 7 heteroatoms. The molecule has 1 saturated carbocycles. The second kappa shape index (κ2) is 7.52. The number of rotatable bonds is 4. The topological polar surface area (TPSA) is 39.1 Å². The van der Waals surface area contributed by atoms with E-state index in [2.05, 4.69) is 41.5 Å². The average Bonchev–Trinajstić information content (AvgIpc) is 2.98. The zero-order valence-electron chi connectivity index (χ0n) is 17.3. The van der Waals surface area contributed by atoms with Gasteiger partial charge in [-0.15, -0.1) is 13.2 Å². The Morgan fingerprint density at radius 3 is 2.43 bits per heavy atom. The first kappa shape index (κ1) is 20.6. The summed E-state index contributed by atoms with van der Waals surface area (Å²) in [6.07, 6.45) is -1.39. The molecule has 0 amide bonds. The Hall–Kier alpha value is -2.70. The number of benzene rings is 2. The zero-order chi connectivity index (χ0) is 21.5. The second-order valence-electron chi connectivity index (χ2n) is 9.06. The fraction of sp³-hybridized carbons (Fsp3) is 0.435. The molecule has 0 unspecified atom stereocenters. The smallest absolute Gasteiger partial charge is 0.406 e. The number of ether oxygens (including phenoxy) is 1. The molecule has 0 aliphatic heterocycles. The second-order valence-corrected chi connectivity index (χ2v) is 9.06. The van der Waals surface area contributed by atoms with E-state index in [1.54, 1.807) is 12.1 Å². The average molecular weight is 417 g/mol. The van der Waals surface area contributed by atoms with Gasteiger partial charge in [0.25, 0.3) is 0 Å². The molecule has 4 rings (SSSR count). The Labute approximate surface area is 174 Å². The van der Waals surface area contributed by atoms with Gasteiger partial charge < -0.3 is 14.6 Å². The van der Waals surface area contributed by atoms with E-state index in [1.165, 1.54) is 18.6 Å². The monoisotopic (exact) mass is 417 g/mol. The van der Waals surface area contributed by atoms with Crippen molar-refractivity contribution in [3.8, 4) is 5.75 Å². The van der Waals surface area contributed by atoms with Crippen LogP contribution in [0.25, 0.3) is 11.0 Å². The van der Waals surface area contributed by atoms with Crippen molar-refractivity contribution in [2.75, 3.05) is 5.32 Å². The zero-order valence-corrected chi connectivity index (χ0v) is 17.3. The minimum atomic E-state index is -4.70. The lowest BCUT2D eigenvalue weighted by molar-refractivity contribution is -0.274. The van der Waals surface area contributed by atoms with Gasteiger partial charge in [-0.1, -0.05) is 32.9 Å². The van der Waals surface area contributed by atoms with Crippen LogP contribution in [0.5, 0.6) is 5.75 Å². The van der Waals surface area contributed by atoms with Gasteiger partial charge in [-0.25, -0.2) is 4.98 Å². The summed E-state index contributed by atoms with van der Waals surface area (Å²) in [6.45, 7) is 6.90. The van der Waals surface area contributed by atoms with E-state index < -0.39 is 6.36 Å². The molecule has 1 aliphatic carbocycles. The largest absolute Gasteiger partial charge is 0.573 e. The molecule has 1 fully saturated rings. The third kappa shape index (κ3) is 4.55. The first-order chi connectivity index (χ1) is 14.1. The lowest BCUT2D eigenvalue weighted by Gasteiger charge is -2.40. The van der Waals surface area contributed by atoms with Crippen molar-refractivity contribution in [3.63, 3.8) is 0 Å². The van der Waals surface area contributed by atoms with Crippen molar-refractivity contribution in [1.82, 2.24) is 9.55 Å². The first-order valence-electron chi connectivity index (χ1n) is 10.2. The van der Waals surface area contributed by atoms with Crippen LogP contribution in [0.3, 0.4) is 0 Å². The molecule has 0 radical (unpaired) electrons. The third-order valence-corrected chi connectivity index (χ3v) is 5.67. The number of nitrogens with one attached hydrogen (secondary N) is 1. The van der Waals surface area contributed by atoms with Crippen molar-refractivity contribution in [1.29, 1.82) is 0 Å². The fourth-order valence-electron chi connectivity index (χ4n) is 4.86. The summed E-state index contributed by atoms with van der Waals surface area (Å²) < 4.78 is 43.4. The molecule has 2 atom stereocenters. The number of alkyl halides is 3. The van der Waals surface area contributed by atoms with E-state index in [0.717, 1.165) is 23.9 Å². The molecule has 0 bridgehead atoms. The van der Waals surface area contributed by atoms with Crippen LogP contribution in [0.4, 0.5) is 24.8 Å². The highest BCUT2D eigenvalue weighted by molar-refractivity contribution is 5.80. The molecule has 1 aliphatic rings. The fourth-order valence-corrected chi connectivity index (χ4v) is 4.86. The molecule has 4 nitrogen and oxygen atoms in total. The van der Waals surface area contributed by atoms with Crippen LogP contribution in [0.2, 0.25) is 0 Å². The van der Waals surface area contributed by atoms with Crippen molar-refractivity contribution < 1.29 is 17.9 Å². The third-order valence-electron chi connectivity index (χ3n) is 5.67. The molecule has 1 N–H and O–H groups in total. The van der Waals surface area contributed by atoms with Gasteiger partial charge in [-0.3, -0.25) is 0 Å². The van der Waals surface area contributed by atoms with E-state index in [4.69, 9.17) is 4.98 Å². The maximum absolute atomic E-state index is 12.4. The normalized spacial score (nSPS) is 21.5. The van der Waals surface area contributed by atoms with E-state index in [0.29, 0.717) is 23.6 Å². The van der Waals surface area contributed by atoms with E-state index in [1.807, 2.05) is 18.2 Å². The van der Waals surface area contributed by atoms with Crippen molar-refractivity contribution in [2.24, 2.45) is 11.3 Å². The molecule has 3 aromatic rings. The summed E-state index contributed by atoms with van der Waals surface area (Å²) in [5, 5.41) is 3.31. The van der Waals surface area contributed by atoms with E-state index in [-0.39, 0.29) is 11.2 Å². The van der Waals surface area contributed by atoms with Crippen molar-refractivity contribution >= 4 is 22.7 Å². The summed E-state index contributed by atoms with van der Waals surface area (Å²) in [5.41, 5.74) is 2.85. The number of imidazole rings is 1. The molecule has 1 aromatic heterocycles. The predicted octanol–water partition coefficient (Wildman–Crippen LogP) is 7.07. The summed E-state index contributed by atoms with van der Waals surface area (Å²) in [5.74, 6) is 1.06. The van der Waals surface area contributed by atoms with Gasteiger partial charge in [0, 0.05) is 11.7 Å². The summed E-state index contributed by atoms with van der Waals surface area (Å²) in [6, 6.07) is 14.0. The minimum absolute atomic E-state index is 0.238. The Bertz CT molecular complexity index is 1020. The van der Waals surface area contributed by atoms with Crippen molar-refractivity contribution in [3.05, 3.63) is 48.5 Å². The summed E-state index contributed by atoms with van der Waals surface area (Å²) in [7, 11) is 0. The lowest BCUT2D eigenvalue weighted by Crippen LogP contribution is -2.29. The summed E-state index contributed by atoms with van der Waals surface area (Å²) >= 11 is 0. The molecular formula is C23H26F3N3O. The number of fused-ring (bicyclic) bond motifs is 1. The number of para-hydroxylation sites is 2. The molecule has 0 spiro atoms. The van der Waals surface area contributed by atoms with Gasteiger partial charge in [-0.05, 0) is 67.0 Å². The Kier molecular flexibility index (Phi) is 5.16. The van der Waals surface area contributed by atoms with Gasteiger partial charge in [0.15, 0.2) is 0 Å². The highest BCUT2D eigenvalue weighted by atomic mass is 19.4. The number of hydrogen-bond acceptors (Lipinski definition) is 3. The highest BCUT2D eigenvalue weighted by Crippen LogP contribution is 2.46. The molecule has 160 valence electrons. The van der Waals surface area contributed by atoms with E-state index >= 15 is 0 Å². The highest BCUT2D eigenvalue weighted by Gasteiger charge is 2.34. The maximum atomic E-state index is 12.4. The standard InChI is InChI=1S/C23H26F3N3O/c1-15-12-17(14-22(2,3)13-15)29-20-7-5-4-6-19(20)28-21(29)27-16-8-10-18(11-9-16)30-23(24,25)26/h4-11,15,17H,12-14H2,1-3H3,(H,27,28)/t15-,17+/m1/s1. The van der Waals surface area contributed by atoms with Crippen LogP contribution in [0, 0.1) is 11.3 Å². The molecule has 1 heterocycles. The summed E-state index contributed by atoms with van der Waals surface area (Å²) in [4.78, 5) is 4.78.